The SMILES string of the molecule is C=CCCCCCCCCC(=O)OCCN(CCO)CCC(=O)OCC(COC(=O)CCN(CCO)CCOC(=O)CCCCCCCCC=C)(COC(=O)CCN(CCOC)CCOC(=O)CCCCCCCCC=C)COC(O)CCN(CCO)CCOC(=O)CCCCCCCCC=C. The predicted molar refractivity (Wildman–Crippen MR) is 397 cm³/mol. The van der Waals surface area contributed by atoms with Gasteiger partial charge in [0.2, 0.25) is 0 Å². The van der Waals surface area contributed by atoms with Crippen LogP contribution in [0.25, 0.3) is 0 Å². The molecule has 0 saturated heterocycles. The molecule has 592 valence electrons. The zero-order valence-corrected chi connectivity index (χ0v) is 63.3. The van der Waals surface area contributed by atoms with Crippen LogP contribution in [0.1, 0.15) is 231 Å². The first kappa shape index (κ1) is 96.8. The molecule has 0 fully saturated rings. The third kappa shape index (κ3) is 62.2. The molecule has 0 aromatic rings. The van der Waals surface area contributed by atoms with Gasteiger partial charge in [-0.25, -0.2) is 0 Å². The van der Waals surface area contributed by atoms with E-state index in [2.05, 4.69) is 26.3 Å². The Morgan fingerprint density at radius 1 is 0.314 bits per heavy atom. The van der Waals surface area contributed by atoms with Crippen LogP contribution in [0.15, 0.2) is 50.6 Å². The van der Waals surface area contributed by atoms with Crippen LogP contribution in [0, 0.1) is 5.41 Å². The molecule has 1 atom stereocenters. The highest BCUT2D eigenvalue weighted by atomic mass is 16.6. The van der Waals surface area contributed by atoms with Gasteiger partial charge in [-0.1, -0.05) is 127 Å². The Hall–Kier alpha value is -5.15. The molecular formula is C78H140N4O20. The van der Waals surface area contributed by atoms with E-state index in [9.17, 15) is 54.0 Å². The lowest BCUT2D eigenvalue weighted by Gasteiger charge is -2.33. The van der Waals surface area contributed by atoms with E-state index in [0.29, 0.717) is 45.4 Å². The van der Waals surface area contributed by atoms with Crippen LogP contribution in [0.2, 0.25) is 0 Å². The third-order valence-electron chi connectivity index (χ3n) is 17.5. The lowest BCUT2D eigenvalue weighted by atomic mass is 9.92. The number of hydrogen-bond acceptors (Lipinski definition) is 24. The summed E-state index contributed by atoms with van der Waals surface area (Å²) in [4.78, 5) is 99.3. The van der Waals surface area contributed by atoms with Gasteiger partial charge in [0, 0.05) is 118 Å². The Morgan fingerprint density at radius 2 is 0.559 bits per heavy atom. The maximum absolute atomic E-state index is 13.9. The monoisotopic (exact) mass is 1450 g/mol. The van der Waals surface area contributed by atoms with Gasteiger partial charge in [-0.15, -0.1) is 26.3 Å². The molecule has 0 bridgehead atoms. The number of rotatable bonds is 78. The summed E-state index contributed by atoms with van der Waals surface area (Å²) in [6, 6.07) is 0. The summed E-state index contributed by atoms with van der Waals surface area (Å²) in [5.74, 6) is -3.38. The van der Waals surface area contributed by atoms with Crippen LogP contribution in [-0.2, 0) is 76.2 Å². The van der Waals surface area contributed by atoms with E-state index in [0.717, 1.165) is 167 Å². The maximum atomic E-state index is 13.9. The van der Waals surface area contributed by atoms with E-state index in [4.69, 9.17) is 42.6 Å². The van der Waals surface area contributed by atoms with Gasteiger partial charge < -0.3 is 63.1 Å². The lowest BCUT2D eigenvalue weighted by molar-refractivity contribution is -0.183. The summed E-state index contributed by atoms with van der Waals surface area (Å²) >= 11 is 0. The Labute approximate surface area is 613 Å². The van der Waals surface area contributed by atoms with Crippen molar-refractivity contribution in [1.82, 2.24) is 19.6 Å². The number of aliphatic hydroxyl groups is 4. The van der Waals surface area contributed by atoms with E-state index in [1.807, 2.05) is 29.2 Å². The van der Waals surface area contributed by atoms with Crippen molar-refractivity contribution in [2.24, 2.45) is 5.41 Å². The highest BCUT2D eigenvalue weighted by Crippen LogP contribution is 2.24. The second-order valence-corrected chi connectivity index (χ2v) is 26.5. The van der Waals surface area contributed by atoms with E-state index < -0.39 is 56.0 Å². The van der Waals surface area contributed by atoms with Gasteiger partial charge >= 0.3 is 41.8 Å². The fourth-order valence-electron chi connectivity index (χ4n) is 11.1. The van der Waals surface area contributed by atoms with Gasteiger partial charge in [0.05, 0.1) is 57.7 Å². The minimum absolute atomic E-state index is 0.0149. The number of aliphatic hydroxyl groups excluding tert-OH is 4. The smallest absolute Gasteiger partial charge is 0.307 e. The van der Waals surface area contributed by atoms with Gasteiger partial charge in [0.15, 0.2) is 6.29 Å². The van der Waals surface area contributed by atoms with Crippen molar-refractivity contribution in [3.8, 4) is 0 Å². The summed E-state index contributed by atoms with van der Waals surface area (Å²) in [5.41, 5.74) is -1.64. The molecule has 0 aliphatic carbocycles. The molecule has 24 nitrogen and oxygen atoms in total. The quantitative estimate of drug-likeness (QED) is 0.0145. The second kappa shape index (κ2) is 71.5. The Balaban J connectivity index is 6.61. The fraction of sp³-hybridized carbons (Fsp3) is 0.808. The van der Waals surface area contributed by atoms with Crippen molar-refractivity contribution < 1.29 is 96.6 Å². The van der Waals surface area contributed by atoms with Crippen LogP contribution in [-0.4, -0.2) is 253 Å². The first-order chi connectivity index (χ1) is 49.6. The standard InChI is InChI=1S/C78H140N4O20/c1-6-10-14-18-22-26-30-34-38-70(86)95-62-54-79(50-58-83)46-42-74(90)99-66-78(67-100-75(91)43-47-80(51-59-84)55-63-96-71(87)39-35-31-27-23-19-15-11-7-2,68-101-76(92)44-48-81(52-60-85)56-64-97-72(88)40-36-32-28-24-20-16-12-8-3)69-102-77(93)45-49-82(53-61-94-5)57-65-98-73(89)41-37-33-29-25-21-17-13-9-4/h6-9,74,83-85,90H,1-4,10-69H2,5H3. The van der Waals surface area contributed by atoms with Gasteiger partial charge in [-0.2, -0.15) is 0 Å². The fourth-order valence-corrected chi connectivity index (χ4v) is 11.1. The molecular weight excluding hydrogens is 1310 g/mol. The van der Waals surface area contributed by atoms with Gasteiger partial charge in [0.1, 0.15) is 46.2 Å². The minimum atomic E-state index is -1.64. The average Bonchev–Trinajstić information content (AvgIpc) is 0.852. The molecule has 0 saturated carbocycles. The zero-order chi connectivity index (χ0) is 75.0. The third-order valence-corrected chi connectivity index (χ3v) is 17.5. The van der Waals surface area contributed by atoms with Crippen molar-refractivity contribution in [1.29, 1.82) is 0 Å². The Bertz CT molecular complexity index is 2050. The molecule has 0 spiro atoms. The number of unbranched alkanes of at least 4 members (excludes halogenated alkanes) is 24. The number of nitrogens with zero attached hydrogens (tertiary/aromatic N) is 4. The van der Waals surface area contributed by atoms with Crippen LogP contribution in [0.5, 0.6) is 0 Å². The van der Waals surface area contributed by atoms with E-state index in [1.165, 1.54) is 0 Å². The second-order valence-electron chi connectivity index (χ2n) is 26.5. The van der Waals surface area contributed by atoms with Gasteiger partial charge in [-0.05, 0) is 77.0 Å². The lowest BCUT2D eigenvalue weighted by Crippen LogP contribution is -2.45. The van der Waals surface area contributed by atoms with Crippen LogP contribution >= 0.6 is 0 Å². The molecule has 0 radical (unpaired) electrons. The zero-order valence-electron chi connectivity index (χ0n) is 63.3. The summed E-state index contributed by atoms with van der Waals surface area (Å²) in [5, 5.41) is 41.3. The summed E-state index contributed by atoms with van der Waals surface area (Å²) < 4.78 is 51.4. The molecule has 0 aromatic carbocycles. The number of ether oxygens (including phenoxy) is 9. The van der Waals surface area contributed by atoms with E-state index in [-0.39, 0.29) is 174 Å². The molecule has 0 aromatic heterocycles. The average molecular weight is 1450 g/mol. The van der Waals surface area contributed by atoms with Crippen molar-refractivity contribution in [3.05, 3.63) is 50.6 Å². The number of methoxy groups -OCH3 is 1. The molecule has 4 N–H and O–H groups in total. The topological polar surface area (TPSA) is 296 Å². The van der Waals surface area contributed by atoms with Gasteiger partial charge in [-0.3, -0.25) is 53.2 Å². The summed E-state index contributed by atoms with van der Waals surface area (Å²) in [6.45, 7) is 15.4. The van der Waals surface area contributed by atoms with Crippen molar-refractivity contribution in [2.45, 2.75) is 237 Å². The highest BCUT2D eigenvalue weighted by molar-refractivity contribution is 5.72. The summed E-state index contributed by atoms with van der Waals surface area (Å²) in [7, 11) is 1.55. The largest absolute Gasteiger partial charge is 0.465 e. The van der Waals surface area contributed by atoms with Crippen molar-refractivity contribution in [3.63, 3.8) is 0 Å². The summed E-state index contributed by atoms with van der Waals surface area (Å²) in [6.07, 6.45) is 34.8. The molecule has 0 aliphatic heterocycles. The first-order valence-electron chi connectivity index (χ1n) is 38.7. The Kier molecular flexibility index (Phi) is 67.9. The number of carbonyl (C=O) groups is 7. The highest BCUT2D eigenvalue weighted by Gasteiger charge is 2.38. The van der Waals surface area contributed by atoms with Crippen LogP contribution in [0.4, 0.5) is 0 Å². The van der Waals surface area contributed by atoms with Gasteiger partial charge in [0.25, 0.3) is 0 Å². The normalized spacial score (nSPS) is 11.8. The van der Waals surface area contributed by atoms with Crippen LogP contribution in [0.3, 0.4) is 0 Å². The van der Waals surface area contributed by atoms with Crippen molar-refractivity contribution >= 4 is 41.8 Å². The number of hydrogen-bond donors (Lipinski definition) is 4. The van der Waals surface area contributed by atoms with E-state index in [1.54, 1.807) is 21.8 Å². The Morgan fingerprint density at radius 3 is 0.833 bits per heavy atom. The molecule has 0 heterocycles. The van der Waals surface area contributed by atoms with E-state index >= 15 is 0 Å². The molecule has 1 unspecified atom stereocenters. The molecule has 24 heteroatoms. The number of allylic oxidation sites excluding steroid dienone is 4. The first-order valence-corrected chi connectivity index (χ1v) is 38.7. The maximum Gasteiger partial charge on any atom is 0.307 e. The van der Waals surface area contributed by atoms with Crippen molar-refractivity contribution in [2.75, 3.05) is 165 Å². The van der Waals surface area contributed by atoms with Crippen LogP contribution < -0.4 is 0 Å². The predicted octanol–water partition coefficient (Wildman–Crippen LogP) is 10.7. The molecule has 0 rings (SSSR count). The molecule has 0 aliphatic rings. The molecule has 0 amide bonds. The minimum Gasteiger partial charge on any atom is -0.465 e. The number of esters is 7. The number of carbonyl (C=O) groups excluding carboxylic acids is 7. The molecule has 102 heavy (non-hydrogen) atoms.